The molecule has 0 saturated carbocycles. The van der Waals surface area contributed by atoms with Crippen LogP contribution in [0.15, 0.2) is 54.2 Å². The fourth-order valence-electron chi connectivity index (χ4n) is 2.49. The minimum atomic E-state index is -2.91. The summed E-state index contributed by atoms with van der Waals surface area (Å²) in [5.41, 5.74) is 3.49. The number of nitrogens with zero attached hydrogens (tertiary/aromatic N) is 2. The molecular weight excluding hydrogens is 358 g/mol. The summed E-state index contributed by atoms with van der Waals surface area (Å²) in [6.45, 7) is -0.183. The van der Waals surface area contributed by atoms with Crippen LogP contribution in [0.5, 0.6) is 11.5 Å². The van der Waals surface area contributed by atoms with Crippen molar-refractivity contribution in [3.63, 3.8) is 0 Å². The van der Waals surface area contributed by atoms with E-state index in [4.69, 9.17) is 4.74 Å². The highest BCUT2D eigenvalue weighted by Gasteiger charge is 2.16. The molecule has 0 spiro atoms. The van der Waals surface area contributed by atoms with E-state index in [1.165, 1.54) is 6.07 Å². The quantitative estimate of drug-likeness (QED) is 0.536. The fourth-order valence-corrected chi connectivity index (χ4v) is 3.07. The van der Waals surface area contributed by atoms with Crippen LogP contribution in [0, 0.1) is 6.07 Å². The molecule has 0 amide bonds. The number of aromatic nitrogens is 1. The molecule has 0 atom stereocenters. The first-order chi connectivity index (χ1) is 12.7. The van der Waals surface area contributed by atoms with Gasteiger partial charge in [0.2, 0.25) is 0 Å². The van der Waals surface area contributed by atoms with Crippen molar-refractivity contribution in [2.75, 3.05) is 11.5 Å². The number of ether oxygens (including phenoxy) is 2. The summed E-state index contributed by atoms with van der Waals surface area (Å²) < 4.78 is 35.3. The Morgan fingerprint density at radius 1 is 1.23 bits per heavy atom. The third kappa shape index (κ3) is 4.49. The molecule has 1 heterocycles. The van der Waals surface area contributed by atoms with Gasteiger partial charge in [-0.2, -0.15) is 8.78 Å². The van der Waals surface area contributed by atoms with Gasteiger partial charge in [-0.1, -0.05) is 12.1 Å². The molecule has 135 valence electrons. The third-order valence-electron chi connectivity index (χ3n) is 3.55. The minimum Gasteiger partial charge on any atom is -0.490 e. The number of benzene rings is 2. The van der Waals surface area contributed by atoms with E-state index in [9.17, 15) is 8.78 Å². The smallest absolute Gasteiger partial charge is 0.387 e. The maximum Gasteiger partial charge on any atom is 0.387 e. The zero-order chi connectivity index (χ0) is 18.4. The van der Waals surface area contributed by atoms with Crippen molar-refractivity contribution in [2.45, 2.75) is 20.1 Å². The summed E-state index contributed by atoms with van der Waals surface area (Å²) in [4.78, 5) is 7.22. The standard InChI is InChI=1S/C19H17F2N2O2S/c1-2-24-18-10-15(8-9-17(18)25-19(20)21)23(12-16-11-22-13-26-16)14-6-4-3-5-7-14/h3-4,6-11,13,19H,2,12H2,1H3. The molecule has 3 rings (SSSR count). The predicted molar refractivity (Wildman–Crippen MR) is 97.5 cm³/mol. The number of hydrogen-bond donors (Lipinski definition) is 0. The zero-order valence-electron chi connectivity index (χ0n) is 14.1. The van der Waals surface area contributed by atoms with Crippen molar-refractivity contribution in [3.8, 4) is 11.5 Å². The van der Waals surface area contributed by atoms with Gasteiger partial charge in [-0.25, -0.2) is 0 Å². The maximum atomic E-state index is 12.6. The first kappa shape index (κ1) is 18.1. The molecule has 0 unspecified atom stereocenters. The van der Waals surface area contributed by atoms with Gasteiger partial charge in [0.1, 0.15) is 0 Å². The highest BCUT2D eigenvalue weighted by Crippen LogP contribution is 2.36. The second-order valence-electron chi connectivity index (χ2n) is 5.26. The van der Waals surface area contributed by atoms with E-state index in [-0.39, 0.29) is 11.5 Å². The second-order valence-corrected chi connectivity index (χ2v) is 6.23. The lowest BCUT2D eigenvalue weighted by molar-refractivity contribution is -0.0514. The van der Waals surface area contributed by atoms with Gasteiger partial charge in [0.05, 0.1) is 18.7 Å². The van der Waals surface area contributed by atoms with E-state index in [1.54, 1.807) is 35.9 Å². The fraction of sp³-hybridized carbons (Fsp3) is 0.211. The Morgan fingerprint density at radius 2 is 2.12 bits per heavy atom. The van der Waals surface area contributed by atoms with Gasteiger partial charge < -0.3 is 14.4 Å². The van der Waals surface area contributed by atoms with E-state index < -0.39 is 6.61 Å². The van der Waals surface area contributed by atoms with Crippen LogP contribution >= 0.6 is 11.3 Å². The van der Waals surface area contributed by atoms with Crippen molar-refractivity contribution in [1.29, 1.82) is 0 Å². The molecule has 26 heavy (non-hydrogen) atoms. The number of halogens is 2. The van der Waals surface area contributed by atoms with Crippen molar-refractivity contribution < 1.29 is 18.3 Å². The molecule has 0 aliphatic carbocycles. The molecule has 0 aliphatic heterocycles. The van der Waals surface area contributed by atoms with Gasteiger partial charge in [0, 0.05) is 28.5 Å². The zero-order valence-corrected chi connectivity index (χ0v) is 14.9. The normalized spacial score (nSPS) is 10.8. The SMILES string of the molecule is CCOc1cc(N(Cc2cncs2)c2c[c]ccc2)ccc1OC(F)F. The van der Waals surface area contributed by atoms with Crippen LogP contribution in [0.25, 0.3) is 0 Å². The number of anilines is 2. The minimum absolute atomic E-state index is 0.0166. The van der Waals surface area contributed by atoms with Crippen LogP contribution in [0.3, 0.4) is 0 Å². The summed E-state index contributed by atoms with van der Waals surface area (Å²) in [7, 11) is 0. The summed E-state index contributed by atoms with van der Waals surface area (Å²) in [6, 6.07) is 15.5. The maximum absolute atomic E-state index is 12.6. The highest BCUT2D eigenvalue weighted by atomic mass is 32.1. The van der Waals surface area contributed by atoms with Crippen LogP contribution in [-0.4, -0.2) is 18.2 Å². The van der Waals surface area contributed by atoms with Crippen molar-refractivity contribution in [2.24, 2.45) is 0 Å². The molecule has 0 bridgehead atoms. The van der Waals surface area contributed by atoms with Crippen molar-refractivity contribution >= 4 is 22.7 Å². The van der Waals surface area contributed by atoms with E-state index in [0.29, 0.717) is 13.2 Å². The summed E-state index contributed by atoms with van der Waals surface area (Å²) in [5, 5.41) is 0. The Hall–Kier alpha value is -2.67. The number of thiazole rings is 1. The molecule has 4 nitrogen and oxygen atoms in total. The van der Waals surface area contributed by atoms with Gasteiger partial charge >= 0.3 is 6.61 Å². The molecule has 1 radical (unpaired) electrons. The molecule has 0 saturated heterocycles. The predicted octanol–water partition coefficient (Wildman–Crippen LogP) is 5.28. The van der Waals surface area contributed by atoms with Crippen LogP contribution in [0.2, 0.25) is 0 Å². The van der Waals surface area contributed by atoms with Gasteiger partial charge in [0.15, 0.2) is 11.5 Å². The van der Waals surface area contributed by atoms with Crippen molar-refractivity contribution in [1.82, 2.24) is 4.98 Å². The largest absolute Gasteiger partial charge is 0.490 e. The molecule has 3 aromatic rings. The molecular formula is C19H17F2N2O2S. The Kier molecular flexibility index (Phi) is 6.01. The Balaban J connectivity index is 1.98. The van der Waals surface area contributed by atoms with Gasteiger partial charge in [-0.3, -0.25) is 4.98 Å². The molecule has 7 heteroatoms. The highest BCUT2D eigenvalue weighted by molar-refractivity contribution is 7.09. The van der Waals surface area contributed by atoms with E-state index in [0.717, 1.165) is 16.3 Å². The number of hydrogen-bond acceptors (Lipinski definition) is 5. The molecule has 0 N–H and O–H groups in total. The van der Waals surface area contributed by atoms with E-state index in [1.807, 2.05) is 35.4 Å². The van der Waals surface area contributed by atoms with Gasteiger partial charge in [-0.05, 0) is 37.3 Å². The molecule has 0 aliphatic rings. The summed E-state index contributed by atoms with van der Waals surface area (Å²) in [5.74, 6) is 0.294. The monoisotopic (exact) mass is 375 g/mol. The lowest BCUT2D eigenvalue weighted by Gasteiger charge is -2.25. The molecule has 2 aromatic carbocycles. The van der Waals surface area contributed by atoms with Gasteiger partial charge in [0.25, 0.3) is 0 Å². The third-order valence-corrected chi connectivity index (χ3v) is 4.32. The molecule has 1 aromatic heterocycles. The summed E-state index contributed by atoms with van der Waals surface area (Å²) in [6.07, 6.45) is 1.81. The number of rotatable bonds is 8. The van der Waals surface area contributed by atoms with Gasteiger partial charge in [-0.15, -0.1) is 11.3 Å². The topological polar surface area (TPSA) is 34.6 Å². The first-order valence-corrected chi connectivity index (χ1v) is 8.88. The van der Waals surface area contributed by atoms with Crippen molar-refractivity contribution in [3.05, 3.63) is 65.1 Å². The van der Waals surface area contributed by atoms with Crippen LogP contribution < -0.4 is 14.4 Å². The lowest BCUT2D eigenvalue weighted by Crippen LogP contribution is -2.16. The first-order valence-electron chi connectivity index (χ1n) is 8.00. The summed E-state index contributed by atoms with van der Waals surface area (Å²) >= 11 is 1.55. The Morgan fingerprint density at radius 3 is 2.77 bits per heavy atom. The van der Waals surface area contributed by atoms with E-state index in [2.05, 4.69) is 15.8 Å². The average molecular weight is 375 g/mol. The van der Waals surface area contributed by atoms with Crippen LogP contribution in [0.4, 0.5) is 20.2 Å². The Bertz CT molecular complexity index is 814. The second kappa shape index (κ2) is 8.62. The number of alkyl halides is 2. The average Bonchev–Trinajstić information content (AvgIpc) is 3.15. The van der Waals surface area contributed by atoms with Crippen LogP contribution in [0.1, 0.15) is 11.8 Å². The van der Waals surface area contributed by atoms with E-state index >= 15 is 0 Å². The lowest BCUT2D eigenvalue weighted by atomic mass is 10.2. The Labute approximate surface area is 154 Å². The van der Waals surface area contributed by atoms with Crippen LogP contribution in [-0.2, 0) is 6.54 Å². The molecule has 0 fully saturated rings.